The Labute approximate surface area is 318 Å². The Kier molecular flexibility index (Phi) is 9.26. The van der Waals surface area contributed by atoms with Crippen LogP contribution in [-0.2, 0) is 14.3 Å². The monoisotopic (exact) mass is 730 g/mol. The molecule has 53 heavy (non-hydrogen) atoms. The molecule has 0 amide bonds. The van der Waals surface area contributed by atoms with Crippen LogP contribution < -0.4 is 5.73 Å². The second-order valence-electron chi connectivity index (χ2n) is 20.8. The van der Waals surface area contributed by atoms with Crippen molar-refractivity contribution < 1.29 is 19.4 Å². The number of carbonyl (C=O) groups is 1. The number of carboxylic acid groups (broad SMARTS) is 1. The normalized spacial score (nSPS) is 41.4. The average Bonchev–Trinajstić information content (AvgIpc) is 3.57. The maximum absolute atomic E-state index is 13.6. The number of nitrogens with zero attached hydrogens (tertiary/aromatic N) is 4. The molecule has 4 fully saturated rings. The first-order valence-corrected chi connectivity index (χ1v) is 20.4. The van der Waals surface area contributed by atoms with Crippen molar-refractivity contribution in [3.8, 4) is 11.4 Å². The number of ether oxygens (including phenoxy) is 2. The molecule has 292 valence electrons. The summed E-state index contributed by atoms with van der Waals surface area (Å²) in [5.74, 6) is 1.12. The molecule has 2 bridgehead atoms. The molecule has 12 atom stereocenters. The lowest BCUT2D eigenvalue weighted by Crippen LogP contribution is -2.69. The first-order chi connectivity index (χ1) is 24.7. The molecule has 3 N–H and O–H groups in total. The van der Waals surface area contributed by atoms with E-state index in [2.05, 4.69) is 91.9 Å². The van der Waals surface area contributed by atoms with E-state index in [-0.39, 0.29) is 50.6 Å². The molecule has 0 radical (unpaired) electrons. The van der Waals surface area contributed by atoms with E-state index >= 15 is 0 Å². The molecule has 0 aromatic carbocycles. The van der Waals surface area contributed by atoms with E-state index in [9.17, 15) is 9.90 Å². The molecule has 9 nitrogen and oxygen atoms in total. The molecule has 1 saturated heterocycles. The molecule has 3 heterocycles. The Morgan fingerprint density at radius 3 is 2.40 bits per heavy atom. The lowest BCUT2D eigenvalue weighted by molar-refractivity contribution is -0.253. The lowest BCUT2D eigenvalue weighted by atomic mass is 9.34. The Morgan fingerprint density at radius 2 is 1.75 bits per heavy atom. The number of hydrogen-bond acceptors (Lipinski definition) is 7. The zero-order chi connectivity index (χ0) is 38.6. The number of carboxylic acids is 1. The molecule has 1 aliphatic heterocycles. The average molecular weight is 730 g/mol. The van der Waals surface area contributed by atoms with Gasteiger partial charge in [-0.15, -0.1) is 0 Å². The number of allylic oxidation sites excluding steroid dienone is 1. The second kappa shape index (κ2) is 12.7. The van der Waals surface area contributed by atoms with Crippen molar-refractivity contribution in [3.63, 3.8) is 0 Å². The molecule has 9 heteroatoms. The van der Waals surface area contributed by atoms with Crippen molar-refractivity contribution in [2.24, 2.45) is 67.8 Å². The van der Waals surface area contributed by atoms with Crippen molar-refractivity contribution in [3.05, 3.63) is 42.5 Å². The molecule has 7 rings (SSSR count). The Hall–Kier alpha value is -2.62. The topological polar surface area (TPSA) is 125 Å². The van der Waals surface area contributed by atoms with Gasteiger partial charge in [-0.1, -0.05) is 80.9 Å². The Balaban J connectivity index is 1.35. The fourth-order valence-electron chi connectivity index (χ4n) is 12.8. The van der Waals surface area contributed by atoms with Crippen molar-refractivity contribution in [1.82, 2.24) is 19.7 Å². The minimum atomic E-state index is -0.625. The maximum atomic E-state index is 13.6. The van der Waals surface area contributed by atoms with Gasteiger partial charge in [0.05, 0.1) is 37.9 Å². The Morgan fingerprint density at radius 1 is 1.06 bits per heavy atom. The first-order valence-electron chi connectivity index (χ1n) is 20.4. The van der Waals surface area contributed by atoms with Crippen LogP contribution >= 0.6 is 0 Å². The number of pyridine rings is 1. The summed E-state index contributed by atoms with van der Waals surface area (Å²) in [5.41, 5.74) is 7.43. The van der Waals surface area contributed by atoms with Crippen LogP contribution in [0.5, 0.6) is 0 Å². The van der Waals surface area contributed by atoms with Crippen LogP contribution in [0.25, 0.3) is 11.4 Å². The SMILES string of the molecule is CC(C)[C@@H](C)[C@@]1(C)CC[C@]2(C)[C@H]3CC[C@@H]4[C@@]5(COC[C@@]4(C)[C@@H](OCC(C)(N)C(C)(C)C)[C@H](n4ncnc4-c4ccncc4)C5)C3=CC[C@@]2(C)[C@@H]1C(=O)O. The molecule has 2 aromatic heterocycles. The van der Waals surface area contributed by atoms with Gasteiger partial charge in [0.15, 0.2) is 5.82 Å². The van der Waals surface area contributed by atoms with Gasteiger partial charge in [-0.05, 0) is 103 Å². The van der Waals surface area contributed by atoms with Crippen LogP contribution in [-0.4, -0.2) is 62.3 Å². The van der Waals surface area contributed by atoms with Gasteiger partial charge in [0, 0.05) is 34.3 Å². The quantitative estimate of drug-likeness (QED) is 0.259. The number of fused-ring (bicyclic) bond motifs is 3. The Bertz CT molecular complexity index is 1730. The second-order valence-corrected chi connectivity index (χ2v) is 20.8. The highest BCUT2D eigenvalue weighted by Gasteiger charge is 2.72. The van der Waals surface area contributed by atoms with Gasteiger partial charge >= 0.3 is 5.97 Å². The number of aliphatic carboxylic acids is 1. The summed E-state index contributed by atoms with van der Waals surface area (Å²) >= 11 is 0. The lowest BCUT2D eigenvalue weighted by Gasteiger charge is -2.71. The molecule has 4 aliphatic carbocycles. The molecule has 1 unspecified atom stereocenters. The van der Waals surface area contributed by atoms with E-state index in [1.807, 2.05) is 24.5 Å². The van der Waals surface area contributed by atoms with Crippen molar-refractivity contribution >= 4 is 5.97 Å². The molecular weight excluding hydrogens is 663 g/mol. The minimum Gasteiger partial charge on any atom is -0.481 e. The van der Waals surface area contributed by atoms with Gasteiger partial charge in [0.1, 0.15) is 6.33 Å². The minimum absolute atomic E-state index is 0.115. The fraction of sp³-hybridized carbons (Fsp3) is 0.773. The van der Waals surface area contributed by atoms with Gasteiger partial charge in [-0.2, -0.15) is 5.10 Å². The highest BCUT2D eigenvalue weighted by molar-refractivity contribution is 5.73. The smallest absolute Gasteiger partial charge is 0.307 e. The number of hydrogen-bond donors (Lipinski definition) is 2. The third-order valence-corrected chi connectivity index (χ3v) is 17.2. The van der Waals surface area contributed by atoms with E-state index in [0.29, 0.717) is 37.6 Å². The van der Waals surface area contributed by atoms with E-state index < -0.39 is 17.4 Å². The maximum Gasteiger partial charge on any atom is 0.307 e. The molecule has 3 saturated carbocycles. The third kappa shape index (κ3) is 5.47. The van der Waals surface area contributed by atoms with Crippen LogP contribution in [0.15, 0.2) is 42.5 Å². The summed E-state index contributed by atoms with van der Waals surface area (Å²) < 4.78 is 16.1. The van der Waals surface area contributed by atoms with Gasteiger partial charge in [0.2, 0.25) is 0 Å². The largest absolute Gasteiger partial charge is 0.481 e. The van der Waals surface area contributed by atoms with E-state index in [1.165, 1.54) is 5.57 Å². The van der Waals surface area contributed by atoms with Crippen LogP contribution in [0.1, 0.15) is 121 Å². The van der Waals surface area contributed by atoms with Gasteiger partial charge in [-0.3, -0.25) is 9.78 Å². The number of aromatic nitrogens is 4. The van der Waals surface area contributed by atoms with Crippen LogP contribution in [0.2, 0.25) is 0 Å². The van der Waals surface area contributed by atoms with Crippen LogP contribution in [0.3, 0.4) is 0 Å². The molecule has 2 aromatic rings. The van der Waals surface area contributed by atoms with Gasteiger partial charge < -0.3 is 20.3 Å². The van der Waals surface area contributed by atoms with E-state index in [4.69, 9.17) is 25.3 Å². The van der Waals surface area contributed by atoms with Gasteiger partial charge in [-0.25, -0.2) is 9.67 Å². The van der Waals surface area contributed by atoms with Crippen molar-refractivity contribution in [2.75, 3.05) is 19.8 Å². The highest BCUT2D eigenvalue weighted by atomic mass is 16.5. The molecular formula is C44H67N5O4. The molecule has 5 aliphatic rings. The number of nitrogens with two attached hydrogens (primary N) is 1. The van der Waals surface area contributed by atoms with Crippen molar-refractivity contribution in [2.45, 2.75) is 132 Å². The summed E-state index contributed by atoms with van der Waals surface area (Å²) in [6.07, 6.45) is 13.3. The van der Waals surface area contributed by atoms with Crippen molar-refractivity contribution in [1.29, 1.82) is 0 Å². The van der Waals surface area contributed by atoms with Crippen LogP contribution in [0, 0.1) is 62.1 Å². The summed E-state index contributed by atoms with van der Waals surface area (Å²) in [6, 6.07) is 3.89. The predicted octanol–water partition coefficient (Wildman–Crippen LogP) is 8.62. The summed E-state index contributed by atoms with van der Waals surface area (Å²) in [5, 5.41) is 16.1. The standard InChI is InChI=1S/C44H67N5O4/c1-27(2)28(3)39(7)18-19-41(9)30-12-13-33-40(8)23-52-25-44(33,31(30)14-17-42(41,10)34(39)37(50)51)22-32(35(40)53-24-43(11,45)38(4,5)6)49-36(47-26-48-49)29-15-20-46-21-16-29/h14-16,20-21,26-28,30,32-35H,12-13,17-19,22-25,45H2,1-11H3,(H,50,51)/t28-,30+,32-,33+,34-,35+,39-,40-,41-,42+,43?,44+/m1/s1. The van der Waals surface area contributed by atoms with Gasteiger partial charge in [0.25, 0.3) is 0 Å². The zero-order valence-corrected chi connectivity index (χ0v) is 34.4. The van der Waals surface area contributed by atoms with Crippen LogP contribution in [0.4, 0.5) is 0 Å². The molecule has 0 spiro atoms. The zero-order valence-electron chi connectivity index (χ0n) is 34.4. The first kappa shape index (κ1) is 38.6. The fourth-order valence-corrected chi connectivity index (χ4v) is 12.8. The summed E-state index contributed by atoms with van der Waals surface area (Å²) in [7, 11) is 0. The number of rotatable bonds is 8. The van der Waals surface area contributed by atoms with E-state index in [1.54, 1.807) is 6.33 Å². The summed E-state index contributed by atoms with van der Waals surface area (Å²) in [4.78, 5) is 22.7. The highest BCUT2D eigenvalue weighted by Crippen LogP contribution is 2.75. The predicted molar refractivity (Wildman–Crippen MR) is 208 cm³/mol. The summed E-state index contributed by atoms with van der Waals surface area (Å²) in [6.45, 7) is 26.6. The van der Waals surface area contributed by atoms with E-state index in [0.717, 1.165) is 49.9 Å². The third-order valence-electron chi connectivity index (χ3n) is 17.2.